The lowest BCUT2D eigenvalue weighted by Crippen LogP contribution is -2.43. The fourth-order valence-corrected chi connectivity index (χ4v) is 4.62. The molecule has 0 atom stereocenters. The van der Waals surface area contributed by atoms with E-state index in [-0.39, 0.29) is 16.7 Å². The Labute approximate surface area is 174 Å². The predicted molar refractivity (Wildman–Crippen MR) is 118 cm³/mol. The van der Waals surface area contributed by atoms with E-state index in [0.29, 0.717) is 6.54 Å². The van der Waals surface area contributed by atoms with E-state index < -0.39 is 0 Å². The summed E-state index contributed by atoms with van der Waals surface area (Å²) < 4.78 is 0. The second-order valence-electron chi connectivity index (χ2n) is 8.94. The van der Waals surface area contributed by atoms with Gasteiger partial charge >= 0.3 is 0 Å². The number of aliphatic imine (C=N–C) groups is 1. The predicted octanol–water partition coefficient (Wildman–Crippen LogP) is 3.19. The maximum absolute atomic E-state index is 12.7. The summed E-state index contributed by atoms with van der Waals surface area (Å²) in [6.45, 7) is 10.7. The van der Waals surface area contributed by atoms with Crippen molar-refractivity contribution in [3.63, 3.8) is 0 Å². The Morgan fingerprint density at radius 3 is 2.50 bits per heavy atom. The van der Waals surface area contributed by atoms with Crippen LogP contribution in [0, 0.1) is 5.41 Å². The molecule has 1 aliphatic carbocycles. The first-order valence-corrected chi connectivity index (χ1v) is 11.2. The third kappa shape index (κ3) is 5.93. The highest BCUT2D eigenvalue weighted by Gasteiger charge is 2.42. The summed E-state index contributed by atoms with van der Waals surface area (Å²) >= 11 is 1.72. The highest BCUT2D eigenvalue weighted by molar-refractivity contribution is 7.09. The van der Waals surface area contributed by atoms with Crippen LogP contribution in [0.4, 0.5) is 0 Å². The number of thiazole rings is 1. The van der Waals surface area contributed by atoms with Crippen molar-refractivity contribution in [1.29, 1.82) is 0 Å². The van der Waals surface area contributed by atoms with Crippen molar-refractivity contribution in [2.75, 3.05) is 33.7 Å². The highest BCUT2D eigenvalue weighted by atomic mass is 32.1. The van der Waals surface area contributed by atoms with Gasteiger partial charge in [0.2, 0.25) is 5.91 Å². The van der Waals surface area contributed by atoms with Gasteiger partial charge in [0.1, 0.15) is 0 Å². The van der Waals surface area contributed by atoms with E-state index in [1.165, 1.54) is 0 Å². The molecule has 0 bridgehead atoms. The summed E-state index contributed by atoms with van der Waals surface area (Å²) in [4.78, 5) is 24.0. The van der Waals surface area contributed by atoms with Crippen LogP contribution < -0.4 is 10.6 Å². The third-order valence-electron chi connectivity index (χ3n) is 5.26. The van der Waals surface area contributed by atoms with Gasteiger partial charge in [-0.25, -0.2) is 4.98 Å². The van der Waals surface area contributed by atoms with E-state index in [4.69, 9.17) is 9.98 Å². The average Bonchev–Trinajstić information content (AvgIpc) is 3.29. The number of carbonyl (C=O) groups is 1. The first-order valence-electron chi connectivity index (χ1n) is 10.4. The maximum Gasteiger partial charge on any atom is 0.230 e. The van der Waals surface area contributed by atoms with Crippen LogP contribution in [-0.4, -0.2) is 55.5 Å². The first kappa shape index (κ1) is 22.7. The first-order chi connectivity index (χ1) is 13.2. The lowest BCUT2D eigenvalue weighted by atomic mass is 9.85. The molecule has 158 valence electrons. The van der Waals surface area contributed by atoms with Crippen molar-refractivity contribution in [3.05, 3.63) is 16.1 Å². The number of hydrogen-bond acceptors (Lipinski definition) is 4. The van der Waals surface area contributed by atoms with E-state index in [9.17, 15) is 4.79 Å². The molecule has 0 aromatic carbocycles. The van der Waals surface area contributed by atoms with Gasteiger partial charge in [-0.3, -0.25) is 9.79 Å². The molecule has 1 amide bonds. The Morgan fingerprint density at radius 1 is 1.29 bits per heavy atom. The van der Waals surface area contributed by atoms with Gasteiger partial charge in [0.05, 0.1) is 22.7 Å². The summed E-state index contributed by atoms with van der Waals surface area (Å²) in [5.74, 6) is 0.995. The van der Waals surface area contributed by atoms with Crippen molar-refractivity contribution in [2.45, 2.75) is 65.2 Å². The Balaban J connectivity index is 1.96. The number of hydrogen-bond donors (Lipinski definition) is 2. The van der Waals surface area contributed by atoms with Gasteiger partial charge in [0, 0.05) is 44.4 Å². The number of guanidine groups is 1. The summed E-state index contributed by atoms with van der Waals surface area (Å²) in [5, 5.41) is 10.0. The van der Waals surface area contributed by atoms with Gasteiger partial charge in [-0.2, -0.15) is 0 Å². The molecule has 0 spiro atoms. The molecule has 1 saturated carbocycles. The standard InChI is InChI=1S/C21H37N5OS/c1-7-22-19(23-13-10-17-25-16(14-28-17)20(2,3)4)24-15-21(11-8-9-12-21)18(27)26(5)6/h14H,7-13,15H2,1-6H3,(H2,22,23,24). The minimum atomic E-state index is -0.331. The average molecular weight is 408 g/mol. The number of nitrogens with one attached hydrogen (secondary N) is 2. The molecule has 28 heavy (non-hydrogen) atoms. The van der Waals surface area contributed by atoms with Crippen molar-refractivity contribution in [2.24, 2.45) is 10.4 Å². The molecular weight excluding hydrogens is 370 g/mol. The Kier molecular flexibility index (Phi) is 7.87. The van der Waals surface area contributed by atoms with Gasteiger partial charge in [0.15, 0.2) is 5.96 Å². The molecule has 0 aliphatic heterocycles. The molecule has 0 radical (unpaired) electrons. The summed E-state index contributed by atoms with van der Waals surface area (Å²) in [5.41, 5.74) is 0.911. The van der Waals surface area contributed by atoms with E-state index >= 15 is 0 Å². The summed E-state index contributed by atoms with van der Waals surface area (Å²) in [7, 11) is 3.69. The van der Waals surface area contributed by atoms with Gasteiger partial charge < -0.3 is 15.5 Å². The lowest BCUT2D eigenvalue weighted by Gasteiger charge is -2.29. The third-order valence-corrected chi connectivity index (χ3v) is 6.16. The zero-order chi connectivity index (χ0) is 20.8. The van der Waals surface area contributed by atoms with Crippen LogP contribution in [0.5, 0.6) is 0 Å². The van der Waals surface area contributed by atoms with E-state index in [1.807, 2.05) is 14.1 Å². The minimum Gasteiger partial charge on any atom is -0.357 e. The largest absolute Gasteiger partial charge is 0.357 e. The number of nitrogens with zero attached hydrogens (tertiary/aromatic N) is 3. The number of rotatable bonds is 7. The molecule has 7 heteroatoms. The van der Waals surface area contributed by atoms with E-state index in [2.05, 4.69) is 43.7 Å². The van der Waals surface area contributed by atoms with Gasteiger partial charge in [-0.1, -0.05) is 33.6 Å². The van der Waals surface area contributed by atoms with Gasteiger partial charge in [-0.15, -0.1) is 11.3 Å². The molecule has 0 saturated heterocycles. The summed E-state index contributed by atoms with van der Waals surface area (Å²) in [6.07, 6.45) is 4.95. The fourth-order valence-electron chi connectivity index (χ4n) is 3.60. The topological polar surface area (TPSA) is 69.6 Å². The Bertz CT molecular complexity index is 669. The van der Waals surface area contributed by atoms with Crippen LogP contribution in [0.25, 0.3) is 0 Å². The number of aromatic nitrogens is 1. The lowest BCUT2D eigenvalue weighted by molar-refractivity contribution is -0.138. The quantitative estimate of drug-likeness (QED) is 0.538. The molecular formula is C21H37N5OS. The normalized spacial score (nSPS) is 16.9. The monoisotopic (exact) mass is 407 g/mol. The highest BCUT2D eigenvalue weighted by Crippen LogP contribution is 2.39. The zero-order valence-corrected chi connectivity index (χ0v) is 19.2. The van der Waals surface area contributed by atoms with Crippen LogP contribution in [0.2, 0.25) is 0 Å². The summed E-state index contributed by atoms with van der Waals surface area (Å²) in [6, 6.07) is 0. The Morgan fingerprint density at radius 2 is 1.96 bits per heavy atom. The number of amides is 1. The molecule has 1 heterocycles. The SMILES string of the molecule is CCNC(=NCC1(C(=O)N(C)C)CCCC1)NCCc1nc(C(C)(C)C)cs1. The molecule has 1 fully saturated rings. The molecule has 1 aromatic heterocycles. The van der Waals surface area contributed by atoms with Crippen molar-refractivity contribution in [1.82, 2.24) is 20.5 Å². The van der Waals surface area contributed by atoms with Crippen molar-refractivity contribution >= 4 is 23.2 Å². The van der Waals surface area contributed by atoms with Crippen LogP contribution in [0.3, 0.4) is 0 Å². The molecule has 2 rings (SSSR count). The van der Waals surface area contributed by atoms with E-state index in [0.717, 1.165) is 61.9 Å². The second kappa shape index (κ2) is 9.72. The van der Waals surface area contributed by atoms with Crippen molar-refractivity contribution in [3.8, 4) is 0 Å². The van der Waals surface area contributed by atoms with Gasteiger partial charge in [-0.05, 0) is 19.8 Å². The smallest absolute Gasteiger partial charge is 0.230 e. The molecule has 1 aliphatic rings. The number of carbonyl (C=O) groups excluding carboxylic acids is 1. The molecule has 1 aromatic rings. The van der Waals surface area contributed by atoms with Crippen LogP contribution in [0.15, 0.2) is 10.4 Å². The Hall–Kier alpha value is -1.63. The molecule has 6 nitrogen and oxygen atoms in total. The molecule has 2 N–H and O–H groups in total. The van der Waals surface area contributed by atoms with Gasteiger partial charge in [0.25, 0.3) is 0 Å². The van der Waals surface area contributed by atoms with Crippen LogP contribution in [0.1, 0.15) is 64.1 Å². The van der Waals surface area contributed by atoms with E-state index in [1.54, 1.807) is 16.2 Å². The maximum atomic E-state index is 12.7. The van der Waals surface area contributed by atoms with Crippen LogP contribution >= 0.6 is 11.3 Å². The van der Waals surface area contributed by atoms with Crippen LogP contribution in [-0.2, 0) is 16.6 Å². The zero-order valence-electron chi connectivity index (χ0n) is 18.4. The minimum absolute atomic E-state index is 0.0904. The second-order valence-corrected chi connectivity index (χ2v) is 9.88. The van der Waals surface area contributed by atoms with Crippen molar-refractivity contribution < 1.29 is 4.79 Å². The fraction of sp³-hybridized carbons (Fsp3) is 0.762. The molecule has 0 unspecified atom stereocenters.